The summed E-state index contributed by atoms with van der Waals surface area (Å²) in [5.41, 5.74) is 2.79. The summed E-state index contributed by atoms with van der Waals surface area (Å²) in [5, 5.41) is 0. The lowest BCUT2D eigenvalue weighted by Crippen LogP contribution is -2.34. The van der Waals surface area contributed by atoms with E-state index in [0.29, 0.717) is 0 Å². The molecule has 25 heavy (non-hydrogen) atoms. The van der Waals surface area contributed by atoms with Crippen molar-refractivity contribution in [2.24, 2.45) is 5.92 Å². The Morgan fingerprint density at radius 3 is 2.28 bits per heavy atom. The highest BCUT2D eigenvalue weighted by atomic mass is 16.5. The molecule has 0 atom stereocenters. The molecule has 0 N–H and O–H groups in total. The van der Waals surface area contributed by atoms with Gasteiger partial charge in [-0.25, -0.2) is 0 Å². The zero-order valence-corrected chi connectivity index (χ0v) is 15.5. The standard InChI is InChI=1S/C22H30N2O/c1-23(2)16-17-25-22-10-8-21(9-11-22)24-14-12-20(13-15-24)18-19-6-4-3-5-7-19/h3-11,20H,12-18H2,1-2H3. The van der Waals surface area contributed by atoms with Gasteiger partial charge in [-0.2, -0.15) is 0 Å². The van der Waals surface area contributed by atoms with Crippen LogP contribution in [0.3, 0.4) is 0 Å². The van der Waals surface area contributed by atoms with E-state index >= 15 is 0 Å². The smallest absolute Gasteiger partial charge is 0.119 e. The summed E-state index contributed by atoms with van der Waals surface area (Å²) in [6.07, 6.45) is 3.76. The molecule has 2 aromatic rings. The molecule has 3 rings (SSSR count). The van der Waals surface area contributed by atoms with Gasteiger partial charge in [-0.05, 0) is 69.1 Å². The van der Waals surface area contributed by atoms with Crippen molar-refractivity contribution in [1.82, 2.24) is 4.90 Å². The molecule has 3 nitrogen and oxygen atoms in total. The molecule has 134 valence electrons. The number of hydrogen-bond donors (Lipinski definition) is 0. The molecule has 0 aromatic heterocycles. The van der Waals surface area contributed by atoms with Crippen LogP contribution in [0.1, 0.15) is 18.4 Å². The van der Waals surface area contributed by atoms with Gasteiger partial charge in [-0.15, -0.1) is 0 Å². The van der Waals surface area contributed by atoms with Crippen molar-refractivity contribution in [2.45, 2.75) is 19.3 Å². The molecule has 0 spiro atoms. The monoisotopic (exact) mass is 338 g/mol. The third-order valence-corrected chi connectivity index (χ3v) is 4.99. The number of rotatable bonds is 7. The Morgan fingerprint density at radius 1 is 0.960 bits per heavy atom. The molecule has 1 aliphatic heterocycles. The van der Waals surface area contributed by atoms with Crippen LogP contribution < -0.4 is 9.64 Å². The van der Waals surface area contributed by atoms with Crippen molar-refractivity contribution in [3.63, 3.8) is 0 Å². The molecule has 3 heteroatoms. The number of ether oxygens (including phenoxy) is 1. The second-order valence-corrected chi connectivity index (χ2v) is 7.27. The Kier molecular flexibility index (Phi) is 6.35. The van der Waals surface area contributed by atoms with Crippen LogP contribution in [0.4, 0.5) is 5.69 Å². The fraction of sp³-hybridized carbons (Fsp3) is 0.455. The molecular formula is C22H30N2O. The summed E-state index contributed by atoms with van der Waals surface area (Å²) < 4.78 is 5.78. The van der Waals surface area contributed by atoms with Crippen molar-refractivity contribution >= 4 is 5.69 Å². The lowest BCUT2D eigenvalue weighted by atomic mass is 9.90. The maximum atomic E-state index is 5.78. The van der Waals surface area contributed by atoms with Gasteiger partial charge in [0, 0.05) is 25.3 Å². The van der Waals surface area contributed by atoms with Gasteiger partial charge in [0.25, 0.3) is 0 Å². The molecule has 0 unspecified atom stereocenters. The van der Waals surface area contributed by atoms with Gasteiger partial charge in [0.2, 0.25) is 0 Å². The summed E-state index contributed by atoms with van der Waals surface area (Å²) in [5.74, 6) is 1.77. The van der Waals surface area contributed by atoms with E-state index in [0.717, 1.165) is 37.9 Å². The zero-order valence-electron chi connectivity index (χ0n) is 15.5. The van der Waals surface area contributed by atoms with E-state index in [1.54, 1.807) is 0 Å². The fourth-order valence-electron chi connectivity index (χ4n) is 3.44. The highest BCUT2D eigenvalue weighted by Gasteiger charge is 2.19. The van der Waals surface area contributed by atoms with E-state index < -0.39 is 0 Å². The highest BCUT2D eigenvalue weighted by molar-refractivity contribution is 5.49. The van der Waals surface area contributed by atoms with Gasteiger partial charge in [0.05, 0.1) is 0 Å². The molecule has 0 radical (unpaired) electrons. The minimum Gasteiger partial charge on any atom is -0.492 e. The average Bonchev–Trinajstić information content (AvgIpc) is 2.64. The van der Waals surface area contributed by atoms with E-state index in [-0.39, 0.29) is 0 Å². The maximum absolute atomic E-state index is 5.78. The predicted octanol–water partition coefficient (Wildman–Crippen LogP) is 4.09. The quantitative estimate of drug-likeness (QED) is 0.756. The summed E-state index contributed by atoms with van der Waals surface area (Å²) in [6, 6.07) is 19.5. The van der Waals surface area contributed by atoms with Crippen LogP contribution in [-0.2, 0) is 6.42 Å². The largest absolute Gasteiger partial charge is 0.492 e. The van der Waals surface area contributed by atoms with E-state index in [4.69, 9.17) is 4.74 Å². The van der Waals surface area contributed by atoms with Gasteiger partial charge >= 0.3 is 0 Å². The SMILES string of the molecule is CN(C)CCOc1ccc(N2CCC(Cc3ccccc3)CC2)cc1. The minimum absolute atomic E-state index is 0.733. The average molecular weight is 338 g/mol. The van der Waals surface area contributed by atoms with Crippen LogP contribution in [0.25, 0.3) is 0 Å². The van der Waals surface area contributed by atoms with E-state index in [2.05, 4.69) is 78.5 Å². The molecule has 0 aliphatic carbocycles. The Hall–Kier alpha value is -2.00. The number of hydrogen-bond acceptors (Lipinski definition) is 3. The highest BCUT2D eigenvalue weighted by Crippen LogP contribution is 2.27. The topological polar surface area (TPSA) is 15.7 Å². The van der Waals surface area contributed by atoms with Crippen molar-refractivity contribution < 1.29 is 4.74 Å². The lowest BCUT2D eigenvalue weighted by Gasteiger charge is -2.33. The molecule has 1 aliphatic rings. The van der Waals surface area contributed by atoms with Gasteiger partial charge in [0.1, 0.15) is 12.4 Å². The number of likely N-dealkylation sites (N-methyl/N-ethyl adjacent to an activating group) is 1. The molecule has 1 heterocycles. The second-order valence-electron chi connectivity index (χ2n) is 7.27. The first-order valence-electron chi connectivity index (χ1n) is 9.37. The van der Waals surface area contributed by atoms with Crippen molar-refractivity contribution in [2.75, 3.05) is 45.2 Å². The third kappa shape index (κ3) is 5.50. The first kappa shape index (κ1) is 17.8. The molecule has 0 bridgehead atoms. The first-order chi connectivity index (χ1) is 12.2. The number of nitrogens with zero attached hydrogens (tertiary/aromatic N) is 2. The normalized spacial score (nSPS) is 15.6. The zero-order chi connectivity index (χ0) is 17.5. The van der Waals surface area contributed by atoms with Crippen LogP contribution in [0.15, 0.2) is 54.6 Å². The molecule has 1 fully saturated rings. The molecule has 0 saturated carbocycles. The van der Waals surface area contributed by atoms with E-state index in [1.165, 1.54) is 30.5 Å². The van der Waals surface area contributed by atoms with Crippen LogP contribution in [0, 0.1) is 5.92 Å². The maximum Gasteiger partial charge on any atom is 0.119 e. The third-order valence-electron chi connectivity index (χ3n) is 4.99. The lowest BCUT2D eigenvalue weighted by molar-refractivity contribution is 0.261. The predicted molar refractivity (Wildman–Crippen MR) is 106 cm³/mol. The minimum atomic E-state index is 0.733. The Bertz CT molecular complexity index is 616. The fourth-order valence-corrected chi connectivity index (χ4v) is 3.44. The summed E-state index contributed by atoms with van der Waals surface area (Å²) in [4.78, 5) is 4.64. The Labute approximate surface area is 152 Å². The van der Waals surface area contributed by atoms with Gasteiger partial charge in [0.15, 0.2) is 0 Å². The molecular weight excluding hydrogens is 308 g/mol. The van der Waals surface area contributed by atoms with Gasteiger partial charge in [-0.1, -0.05) is 30.3 Å². The summed E-state index contributed by atoms with van der Waals surface area (Å²) >= 11 is 0. The van der Waals surface area contributed by atoms with Gasteiger partial charge in [-0.3, -0.25) is 0 Å². The van der Waals surface area contributed by atoms with Crippen LogP contribution in [-0.4, -0.2) is 45.2 Å². The van der Waals surface area contributed by atoms with Crippen molar-refractivity contribution in [3.8, 4) is 5.75 Å². The van der Waals surface area contributed by atoms with Crippen LogP contribution in [0.2, 0.25) is 0 Å². The number of anilines is 1. The van der Waals surface area contributed by atoms with Crippen molar-refractivity contribution in [3.05, 3.63) is 60.2 Å². The molecule has 2 aromatic carbocycles. The Morgan fingerprint density at radius 2 is 1.64 bits per heavy atom. The van der Waals surface area contributed by atoms with Gasteiger partial charge < -0.3 is 14.5 Å². The molecule has 1 saturated heterocycles. The second kappa shape index (κ2) is 8.91. The summed E-state index contributed by atoms with van der Waals surface area (Å²) in [6.45, 7) is 3.98. The van der Waals surface area contributed by atoms with Crippen molar-refractivity contribution in [1.29, 1.82) is 0 Å². The summed E-state index contributed by atoms with van der Waals surface area (Å²) in [7, 11) is 4.13. The number of benzene rings is 2. The first-order valence-corrected chi connectivity index (χ1v) is 9.37. The number of piperidine rings is 1. The van der Waals surface area contributed by atoms with Crippen LogP contribution >= 0.6 is 0 Å². The molecule has 0 amide bonds. The van der Waals surface area contributed by atoms with Crippen LogP contribution in [0.5, 0.6) is 5.75 Å². The van der Waals surface area contributed by atoms with E-state index in [1.807, 2.05) is 0 Å². The Balaban J connectivity index is 1.46. The van der Waals surface area contributed by atoms with E-state index in [9.17, 15) is 0 Å².